The van der Waals surface area contributed by atoms with Crippen molar-refractivity contribution in [3.05, 3.63) is 187 Å². The van der Waals surface area contributed by atoms with Gasteiger partial charge in [-0.25, -0.2) is 0 Å². The Kier molecular flexibility index (Phi) is 9.12. The van der Waals surface area contributed by atoms with Gasteiger partial charge in [0.15, 0.2) is 0 Å². The molecule has 326 valence electrons. The maximum atomic E-state index is 7.17. The lowest BCUT2D eigenvalue weighted by molar-refractivity contribution is 0.332. The molecule has 10 aromatic rings. The first-order valence-electron chi connectivity index (χ1n) is 24.3. The molecule has 3 aliphatic rings. The number of furan rings is 1. The monoisotopic (exact) mass is 884 g/mol. The van der Waals surface area contributed by atoms with E-state index in [1.807, 2.05) is 11.3 Å². The molecule has 13 rings (SSSR count). The summed E-state index contributed by atoms with van der Waals surface area (Å²) in [6.07, 6.45) is 5.71. The maximum absolute atomic E-state index is 7.17. The molecule has 0 fully saturated rings. The van der Waals surface area contributed by atoms with Gasteiger partial charge in [0.05, 0.1) is 10.7 Å². The van der Waals surface area contributed by atoms with Crippen molar-refractivity contribution in [2.75, 3.05) is 9.71 Å². The van der Waals surface area contributed by atoms with Crippen LogP contribution >= 0.6 is 11.3 Å². The number of rotatable bonds is 7. The van der Waals surface area contributed by atoms with Gasteiger partial charge < -0.3 is 14.1 Å². The number of para-hydroxylation sites is 1. The van der Waals surface area contributed by atoms with Crippen LogP contribution in [0.4, 0.5) is 27.8 Å². The van der Waals surface area contributed by atoms with Gasteiger partial charge in [0.2, 0.25) is 0 Å². The molecular formula is C62H53BN2OS. The van der Waals surface area contributed by atoms with Crippen LogP contribution in [0.2, 0.25) is 0 Å². The molecule has 2 aliphatic heterocycles. The van der Waals surface area contributed by atoms with Crippen molar-refractivity contribution in [2.45, 2.75) is 77.6 Å². The summed E-state index contributed by atoms with van der Waals surface area (Å²) in [6.45, 7) is 11.9. The van der Waals surface area contributed by atoms with Gasteiger partial charge >= 0.3 is 6.85 Å². The van der Waals surface area contributed by atoms with Gasteiger partial charge in [-0.15, -0.1) is 11.3 Å². The van der Waals surface area contributed by atoms with Crippen molar-refractivity contribution in [3.63, 3.8) is 0 Å². The minimum atomic E-state index is -0.162. The molecule has 8 aromatic carbocycles. The summed E-state index contributed by atoms with van der Waals surface area (Å²) >= 11 is 1.93. The molecule has 0 saturated heterocycles. The minimum Gasteiger partial charge on any atom is -0.455 e. The third-order valence-corrected chi connectivity index (χ3v) is 16.7. The highest BCUT2D eigenvalue weighted by Crippen LogP contribution is 2.55. The van der Waals surface area contributed by atoms with Gasteiger partial charge in [-0.2, -0.15) is 0 Å². The normalized spacial score (nSPS) is 15.4. The second kappa shape index (κ2) is 15.1. The van der Waals surface area contributed by atoms with E-state index < -0.39 is 0 Å². The Morgan fingerprint density at radius 1 is 0.567 bits per heavy atom. The molecule has 0 N–H and O–H groups in total. The predicted octanol–water partition coefficient (Wildman–Crippen LogP) is 16.5. The summed E-state index contributed by atoms with van der Waals surface area (Å²) in [5.41, 5.74) is 21.0. The second-order valence-electron chi connectivity index (χ2n) is 20.5. The van der Waals surface area contributed by atoms with E-state index in [1.165, 1.54) is 105 Å². The van der Waals surface area contributed by atoms with Crippen LogP contribution in [0, 0.1) is 0 Å². The Labute approximate surface area is 398 Å². The second-order valence-corrected chi connectivity index (χ2v) is 21.5. The fourth-order valence-electron chi connectivity index (χ4n) is 11.9. The maximum Gasteiger partial charge on any atom is 0.334 e. The zero-order chi connectivity index (χ0) is 45.2. The Balaban J connectivity index is 1.19. The van der Waals surface area contributed by atoms with E-state index in [9.17, 15) is 0 Å². The summed E-state index contributed by atoms with van der Waals surface area (Å²) in [7, 11) is 0. The highest BCUT2D eigenvalue weighted by atomic mass is 32.1. The van der Waals surface area contributed by atoms with Crippen molar-refractivity contribution in [1.82, 2.24) is 0 Å². The number of nitrogens with zero attached hydrogens (tertiary/aromatic N) is 2. The summed E-state index contributed by atoms with van der Waals surface area (Å²) < 4.78 is 8.46. The third-order valence-electron chi connectivity index (χ3n) is 15.5. The zero-order valence-electron chi connectivity index (χ0n) is 39.0. The molecule has 0 amide bonds. The highest BCUT2D eigenvalue weighted by Gasteiger charge is 2.49. The van der Waals surface area contributed by atoms with Gasteiger partial charge in [0.25, 0.3) is 0 Å². The van der Waals surface area contributed by atoms with E-state index in [1.54, 1.807) is 0 Å². The molecule has 67 heavy (non-hydrogen) atoms. The van der Waals surface area contributed by atoms with Crippen LogP contribution in [0.15, 0.2) is 174 Å². The van der Waals surface area contributed by atoms with Crippen LogP contribution in [0.5, 0.6) is 0 Å². The lowest BCUT2D eigenvalue weighted by Crippen LogP contribution is -2.61. The molecule has 0 unspecified atom stereocenters. The minimum absolute atomic E-state index is 0.0373. The zero-order valence-corrected chi connectivity index (χ0v) is 39.8. The molecule has 0 atom stereocenters. The Morgan fingerprint density at radius 3 is 2.07 bits per heavy atom. The van der Waals surface area contributed by atoms with Gasteiger partial charge in [-0.05, 0) is 135 Å². The smallest absolute Gasteiger partial charge is 0.334 e. The molecule has 4 heterocycles. The molecule has 5 heteroatoms. The predicted molar refractivity (Wildman–Crippen MR) is 288 cm³/mol. The molecule has 1 aliphatic carbocycles. The first-order valence-corrected chi connectivity index (χ1v) is 25.1. The van der Waals surface area contributed by atoms with Crippen LogP contribution < -0.4 is 20.6 Å². The summed E-state index contributed by atoms with van der Waals surface area (Å²) in [5, 5.41) is 4.84. The Bertz CT molecular complexity index is 3600. The highest BCUT2D eigenvalue weighted by molar-refractivity contribution is 7.26. The summed E-state index contributed by atoms with van der Waals surface area (Å²) in [6, 6.07) is 64.1. The number of hydrogen-bond donors (Lipinski definition) is 0. The molecule has 2 aromatic heterocycles. The average Bonchev–Trinajstić information content (AvgIpc) is 3.94. The van der Waals surface area contributed by atoms with E-state index in [4.69, 9.17) is 4.42 Å². The summed E-state index contributed by atoms with van der Waals surface area (Å²) in [5.74, 6) is 0. The van der Waals surface area contributed by atoms with E-state index >= 15 is 0 Å². The van der Waals surface area contributed by atoms with Crippen molar-refractivity contribution in [1.29, 1.82) is 0 Å². The van der Waals surface area contributed by atoms with Gasteiger partial charge in [0.1, 0.15) is 11.2 Å². The molecular weight excluding hydrogens is 832 g/mol. The molecule has 0 saturated carbocycles. The Morgan fingerprint density at radius 2 is 1.28 bits per heavy atom. The standard InChI is InChI=1S/C62H53BN2OS/c1-6-7-18-39-27-32-51(47(35-39)41-21-12-9-13-22-41)64-53-38-48-44-23-14-16-25-54(44)66-59(48)56-45-30-28-42(40-19-10-8-11-20-40)36-52(45)65(43-29-31-49-50(37-43)62(4,5)34-33-61(49,2)3)63(58(53)56)57-46-24-15-17-26-55(46)67-60(57)64/h8-17,19-32,35-38H,6-7,18,33-34H2,1-5H3. The largest absolute Gasteiger partial charge is 0.455 e. The fraction of sp³-hybridized carbons (Fsp3) is 0.194. The van der Waals surface area contributed by atoms with Crippen LogP contribution in [-0.4, -0.2) is 6.85 Å². The van der Waals surface area contributed by atoms with E-state index in [-0.39, 0.29) is 17.7 Å². The van der Waals surface area contributed by atoms with Crippen LogP contribution in [0.25, 0.3) is 65.4 Å². The number of hydrogen-bond acceptors (Lipinski definition) is 4. The number of fused-ring (bicyclic) bond motifs is 11. The van der Waals surface area contributed by atoms with Crippen LogP contribution in [0.3, 0.4) is 0 Å². The average molecular weight is 885 g/mol. The fourth-order valence-corrected chi connectivity index (χ4v) is 13.2. The van der Waals surface area contributed by atoms with Crippen molar-refractivity contribution >= 4 is 88.9 Å². The van der Waals surface area contributed by atoms with Gasteiger partial charge in [-0.1, -0.05) is 162 Å². The molecule has 0 bridgehead atoms. The van der Waals surface area contributed by atoms with Gasteiger partial charge in [0, 0.05) is 49.2 Å². The lowest BCUT2D eigenvalue weighted by atomic mass is 9.43. The summed E-state index contributed by atoms with van der Waals surface area (Å²) in [4.78, 5) is 5.36. The SMILES string of the molecule is CCCCc1ccc(N2c3cc4c(oc5ccccc54)c4c3B(c3c2sc2ccccc32)N(c2ccc3c(c2)C(C)(C)CCC3(C)C)c2cc(-c3ccccc3)ccc2-4)c(-c2ccccc2)c1. The van der Waals surface area contributed by atoms with Crippen molar-refractivity contribution in [2.24, 2.45) is 0 Å². The van der Waals surface area contributed by atoms with Crippen LogP contribution in [0.1, 0.15) is 77.0 Å². The molecule has 3 nitrogen and oxygen atoms in total. The van der Waals surface area contributed by atoms with Crippen LogP contribution in [-0.2, 0) is 17.3 Å². The number of benzene rings is 8. The Hall–Kier alpha value is -6.82. The van der Waals surface area contributed by atoms with Crippen molar-refractivity contribution < 1.29 is 4.42 Å². The number of thiophene rings is 1. The first-order chi connectivity index (χ1) is 32.7. The molecule has 0 radical (unpaired) electrons. The van der Waals surface area contributed by atoms with Gasteiger partial charge in [-0.3, -0.25) is 0 Å². The lowest BCUT2D eigenvalue weighted by Gasteiger charge is -2.46. The number of unbranched alkanes of at least 4 members (excludes halogenated alkanes) is 1. The van der Waals surface area contributed by atoms with E-state index in [0.29, 0.717) is 0 Å². The third kappa shape index (κ3) is 6.16. The number of anilines is 5. The quantitative estimate of drug-likeness (QED) is 0.149. The van der Waals surface area contributed by atoms with E-state index in [0.717, 1.165) is 47.6 Å². The van der Waals surface area contributed by atoms with E-state index in [2.05, 4.69) is 214 Å². The topological polar surface area (TPSA) is 19.6 Å². The number of aryl methyl sites for hydroxylation is 1. The van der Waals surface area contributed by atoms with Crippen molar-refractivity contribution in [3.8, 4) is 33.4 Å². The first kappa shape index (κ1) is 40.5. The molecule has 0 spiro atoms.